The van der Waals surface area contributed by atoms with E-state index in [0.29, 0.717) is 0 Å². The van der Waals surface area contributed by atoms with E-state index in [0.717, 1.165) is 0 Å². The Kier molecular flexibility index (Phi) is 5.34. The third-order valence-electron chi connectivity index (χ3n) is 6.88. The molecular weight excluding hydrogens is 537 g/mol. The molecule has 0 aliphatic heterocycles. The van der Waals surface area contributed by atoms with E-state index in [1.165, 1.54) is 71.0 Å². The average molecular weight is 557 g/mol. The second-order valence-corrected chi connectivity index (χ2v) is 13.8. The van der Waals surface area contributed by atoms with Crippen molar-refractivity contribution in [1.82, 2.24) is 0 Å². The molecule has 0 nitrogen and oxygen atoms in total. The highest BCUT2D eigenvalue weighted by molar-refractivity contribution is 7.23. The van der Waals surface area contributed by atoms with Gasteiger partial charge in [-0.25, -0.2) is 0 Å². The van der Waals surface area contributed by atoms with E-state index < -0.39 is 0 Å². The van der Waals surface area contributed by atoms with Crippen LogP contribution in [-0.2, 0) is 0 Å². The summed E-state index contributed by atoms with van der Waals surface area (Å²) in [5, 5.41) is 5.32. The molecule has 8 rings (SSSR count). The van der Waals surface area contributed by atoms with Crippen molar-refractivity contribution in [1.29, 1.82) is 0 Å². The highest BCUT2D eigenvalue weighted by Crippen LogP contribution is 2.40. The zero-order valence-electron chi connectivity index (χ0n) is 20.2. The third kappa shape index (κ3) is 4.01. The quantitative estimate of drug-likeness (QED) is 0.202. The fourth-order valence-electron chi connectivity index (χ4n) is 5.00. The van der Waals surface area contributed by atoms with Crippen LogP contribution in [0.25, 0.3) is 73.4 Å². The Bertz CT molecular complexity index is 1860. The normalized spacial score (nSPS) is 12.1. The molecule has 0 unspecified atom stereocenters. The summed E-state index contributed by atoms with van der Waals surface area (Å²) >= 11 is 7.50. The largest absolute Gasteiger partial charge is 0.136 e. The molecule has 4 aromatic heterocycles. The maximum absolute atomic E-state index is 2.35. The Labute approximate surface area is 236 Å². The van der Waals surface area contributed by atoms with E-state index in [-0.39, 0.29) is 0 Å². The van der Waals surface area contributed by atoms with Crippen LogP contribution in [0.3, 0.4) is 0 Å². The fourth-order valence-corrected chi connectivity index (χ4v) is 9.19. The summed E-state index contributed by atoms with van der Waals surface area (Å²) in [6, 6.07) is 40.1. The van der Waals surface area contributed by atoms with Crippen LogP contribution in [0.15, 0.2) is 109 Å². The average Bonchev–Trinajstić information content (AvgIpc) is 3.73. The second-order valence-electron chi connectivity index (χ2n) is 9.44. The summed E-state index contributed by atoms with van der Waals surface area (Å²) in [7, 11) is 0. The van der Waals surface area contributed by atoms with Crippen LogP contribution in [0.2, 0.25) is 0 Å². The van der Waals surface area contributed by atoms with Gasteiger partial charge in [-0.1, -0.05) is 60.7 Å². The van der Waals surface area contributed by atoms with Gasteiger partial charge in [-0.3, -0.25) is 0 Å². The van der Waals surface area contributed by atoms with Crippen LogP contribution in [0, 0.1) is 0 Å². The first-order valence-electron chi connectivity index (χ1n) is 12.5. The first-order valence-corrected chi connectivity index (χ1v) is 15.7. The summed E-state index contributed by atoms with van der Waals surface area (Å²) in [5.41, 5.74) is 2.58. The van der Waals surface area contributed by atoms with Crippen molar-refractivity contribution >= 4 is 97.8 Å². The van der Waals surface area contributed by atoms with Gasteiger partial charge in [0.2, 0.25) is 0 Å². The molecule has 0 aliphatic carbocycles. The second kappa shape index (κ2) is 9.04. The van der Waals surface area contributed by atoms with Gasteiger partial charge >= 0.3 is 0 Å². The minimum Gasteiger partial charge on any atom is -0.136 e. The van der Waals surface area contributed by atoms with Gasteiger partial charge in [0.25, 0.3) is 0 Å². The first kappa shape index (κ1) is 22.4. The topological polar surface area (TPSA) is 0 Å². The minimum absolute atomic E-state index is 1.29. The van der Waals surface area contributed by atoms with Crippen molar-refractivity contribution in [2.45, 2.75) is 0 Å². The predicted molar refractivity (Wildman–Crippen MR) is 174 cm³/mol. The molecule has 0 radical (unpaired) electrons. The smallest absolute Gasteiger partial charge is 0.0356 e. The number of thiophene rings is 4. The molecule has 8 aromatic rings. The Morgan fingerprint density at radius 1 is 0.368 bits per heavy atom. The highest BCUT2D eigenvalue weighted by atomic mass is 32.1. The molecule has 4 aromatic carbocycles. The Balaban J connectivity index is 1.09. The van der Waals surface area contributed by atoms with E-state index in [1.807, 2.05) is 45.3 Å². The summed E-state index contributed by atoms with van der Waals surface area (Å²) in [5.74, 6) is 0. The van der Waals surface area contributed by atoms with Crippen LogP contribution in [-0.4, -0.2) is 0 Å². The molecule has 0 bridgehead atoms. The van der Waals surface area contributed by atoms with E-state index in [9.17, 15) is 0 Å². The number of fused-ring (bicyclic) bond motifs is 4. The monoisotopic (exact) mass is 556 g/mol. The summed E-state index contributed by atoms with van der Waals surface area (Å²) < 4.78 is 5.40. The van der Waals surface area contributed by atoms with Gasteiger partial charge in [-0.15, -0.1) is 45.3 Å². The Hall–Kier alpha value is -3.54. The highest BCUT2D eigenvalue weighted by Gasteiger charge is 2.10. The van der Waals surface area contributed by atoms with E-state index in [4.69, 9.17) is 0 Å². The number of hydrogen-bond acceptors (Lipinski definition) is 4. The van der Waals surface area contributed by atoms with Crippen LogP contribution >= 0.6 is 45.3 Å². The molecular formula is C34H20S4. The molecule has 4 heteroatoms. The number of benzene rings is 4. The van der Waals surface area contributed by atoms with Gasteiger partial charge < -0.3 is 0 Å². The predicted octanol–water partition coefficient (Wildman–Crippen LogP) is 12.0. The fraction of sp³-hybridized carbons (Fsp3) is 0. The summed E-state index contributed by atoms with van der Waals surface area (Å²) in [4.78, 5) is 5.26. The maximum atomic E-state index is 2.35. The molecule has 0 amide bonds. The van der Waals surface area contributed by atoms with Crippen molar-refractivity contribution < 1.29 is 0 Å². The van der Waals surface area contributed by atoms with Gasteiger partial charge in [0.1, 0.15) is 0 Å². The van der Waals surface area contributed by atoms with E-state index >= 15 is 0 Å². The molecule has 0 spiro atoms. The number of hydrogen-bond donors (Lipinski definition) is 0. The molecule has 0 saturated heterocycles. The van der Waals surface area contributed by atoms with Gasteiger partial charge in [0.15, 0.2) is 0 Å². The number of rotatable bonds is 4. The third-order valence-corrected chi connectivity index (χ3v) is 11.3. The zero-order valence-corrected chi connectivity index (χ0v) is 23.4. The first-order chi connectivity index (χ1) is 18.7. The lowest BCUT2D eigenvalue weighted by molar-refractivity contribution is 1.70. The van der Waals surface area contributed by atoms with Gasteiger partial charge in [-0.05, 0) is 93.4 Å². The minimum atomic E-state index is 1.29. The SMILES string of the molecule is C(=C\c1cc2cc3sc(-c4ccccc4)cc3cc2s1)/c1cc2cc3sc(-c4ccccc4)cc3cc2s1. The van der Waals surface area contributed by atoms with Crippen molar-refractivity contribution in [3.63, 3.8) is 0 Å². The van der Waals surface area contributed by atoms with Crippen LogP contribution in [0.1, 0.15) is 9.75 Å². The van der Waals surface area contributed by atoms with Crippen LogP contribution in [0.5, 0.6) is 0 Å². The van der Waals surface area contributed by atoms with Gasteiger partial charge in [0.05, 0.1) is 0 Å². The van der Waals surface area contributed by atoms with E-state index in [1.54, 1.807) is 0 Å². The van der Waals surface area contributed by atoms with Crippen molar-refractivity contribution in [2.24, 2.45) is 0 Å². The van der Waals surface area contributed by atoms with Crippen LogP contribution in [0.4, 0.5) is 0 Å². The molecule has 0 atom stereocenters. The van der Waals surface area contributed by atoms with E-state index in [2.05, 4.69) is 121 Å². The standard InChI is InChI=1S/C34H20S4/c1-3-7-21(8-4-1)29-17-25-19-31-23(15-33(25)37-29)13-27(35-31)11-12-28-14-24-16-34-26(20-32(24)36-28)18-30(38-34)22-9-5-2-6-10-22/h1-20H/b12-11+. The lowest BCUT2D eigenvalue weighted by Crippen LogP contribution is -1.67. The molecule has 4 heterocycles. The molecule has 0 fully saturated rings. The molecule has 180 valence electrons. The van der Waals surface area contributed by atoms with Crippen molar-refractivity contribution in [2.75, 3.05) is 0 Å². The molecule has 0 saturated carbocycles. The van der Waals surface area contributed by atoms with Gasteiger partial charge in [0, 0.05) is 38.3 Å². The van der Waals surface area contributed by atoms with Crippen molar-refractivity contribution in [3.8, 4) is 20.9 Å². The molecule has 0 N–H and O–H groups in total. The van der Waals surface area contributed by atoms with Crippen LogP contribution < -0.4 is 0 Å². The molecule has 38 heavy (non-hydrogen) atoms. The Morgan fingerprint density at radius 2 is 0.737 bits per heavy atom. The van der Waals surface area contributed by atoms with Gasteiger partial charge in [-0.2, -0.15) is 0 Å². The summed E-state index contributed by atoms with van der Waals surface area (Å²) in [6.07, 6.45) is 4.55. The Morgan fingerprint density at radius 3 is 1.16 bits per heavy atom. The lowest BCUT2D eigenvalue weighted by atomic mass is 10.1. The van der Waals surface area contributed by atoms with Crippen molar-refractivity contribution in [3.05, 3.63) is 119 Å². The lowest BCUT2D eigenvalue weighted by Gasteiger charge is -1.93. The summed E-state index contributed by atoms with van der Waals surface area (Å²) in [6.45, 7) is 0. The maximum Gasteiger partial charge on any atom is 0.0356 e. The zero-order chi connectivity index (χ0) is 25.1. The molecule has 0 aliphatic rings.